The van der Waals surface area contributed by atoms with E-state index in [1.54, 1.807) is 0 Å². The van der Waals surface area contributed by atoms with Gasteiger partial charge >= 0.3 is 0 Å². The molecule has 0 aromatic carbocycles. The number of hydrogen-bond donors (Lipinski definition) is 0. The molecular weight excluding hydrogens is 272 g/mol. The van der Waals surface area contributed by atoms with Gasteiger partial charge in [-0.3, -0.25) is 0 Å². The van der Waals surface area contributed by atoms with Crippen LogP contribution in [0.2, 0.25) is 0 Å². The van der Waals surface area contributed by atoms with Crippen molar-refractivity contribution in [3.8, 4) is 0 Å². The molecule has 1 aliphatic heterocycles. The summed E-state index contributed by atoms with van der Waals surface area (Å²) in [5.74, 6) is 0.329. The summed E-state index contributed by atoms with van der Waals surface area (Å²) in [7, 11) is 0. The molecule has 19 heavy (non-hydrogen) atoms. The predicted molar refractivity (Wildman–Crippen MR) is 64.4 cm³/mol. The Morgan fingerprint density at radius 3 is 1.32 bits per heavy atom. The molecule has 1 aliphatic rings. The maximum Gasteiger partial charge on any atom is 0.237 e. The fourth-order valence-corrected chi connectivity index (χ4v) is 3.38. The summed E-state index contributed by atoms with van der Waals surface area (Å²) >= 11 is 1.49. The van der Waals surface area contributed by atoms with Crippen molar-refractivity contribution in [2.45, 2.75) is 12.3 Å². The maximum atomic E-state index is 10.3. The summed E-state index contributed by atoms with van der Waals surface area (Å²) < 4.78 is 0. The van der Waals surface area contributed by atoms with E-state index in [0.717, 1.165) is 0 Å². The molecule has 2 atom stereocenters. The minimum atomic E-state index is -0.957. The molecule has 0 radical (unpaired) electrons. The second-order valence-electron chi connectivity index (χ2n) is 3.57. The lowest BCUT2D eigenvalue weighted by Gasteiger charge is -2.21. The molecule has 0 amide bonds. The largest absolute Gasteiger partial charge is 0.237 e. The molecule has 1 rings (SSSR count). The van der Waals surface area contributed by atoms with Gasteiger partial charge in [0.05, 0.1) is 0 Å². The lowest BCUT2D eigenvalue weighted by molar-refractivity contribution is 0.312. The van der Waals surface area contributed by atoms with Gasteiger partial charge in [-0.15, -0.1) is 0 Å². The highest BCUT2D eigenvalue weighted by atomic mass is 32.2. The predicted octanol–water partition coefficient (Wildman–Crippen LogP) is -0.0390. The van der Waals surface area contributed by atoms with Gasteiger partial charge in [0.1, 0.15) is 0 Å². The van der Waals surface area contributed by atoms with E-state index >= 15 is 0 Å². The van der Waals surface area contributed by atoms with Crippen LogP contribution >= 0.6 is 11.8 Å². The Balaban J connectivity index is 3.04. The van der Waals surface area contributed by atoms with Crippen molar-refractivity contribution < 1.29 is 19.2 Å². The molecule has 0 saturated carbocycles. The summed E-state index contributed by atoms with van der Waals surface area (Å²) in [6.45, 7) is 0. The molecular formula is C10H8N4O4S. The second kappa shape index (κ2) is 8.06. The first-order valence-electron chi connectivity index (χ1n) is 5.14. The third kappa shape index (κ3) is 3.93. The summed E-state index contributed by atoms with van der Waals surface area (Å²) in [5.41, 5.74) is 0. The number of hydrogen-bond acceptors (Lipinski definition) is 9. The van der Waals surface area contributed by atoms with Crippen LogP contribution in [0.15, 0.2) is 20.0 Å². The van der Waals surface area contributed by atoms with Gasteiger partial charge in [0, 0.05) is 23.3 Å². The van der Waals surface area contributed by atoms with Gasteiger partial charge < -0.3 is 0 Å². The summed E-state index contributed by atoms with van der Waals surface area (Å²) in [5, 5.41) is 0. The van der Waals surface area contributed by atoms with Crippen LogP contribution in [-0.4, -0.2) is 48.2 Å². The molecule has 0 bridgehead atoms. The van der Waals surface area contributed by atoms with Gasteiger partial charge in [-0.1, -0.05) is 0 Å². The molecule has 1 heterocycles. The second-order valence-corrected chi connectivity index (χ2v) is 4.65. The number of carbonyl (C=O) groups excluding carboxylic acids is 4. The molecule has 0 aliphatic carbocycles. The summed E-state index contributed by atoms with van der Waals surface area (Å²) in [6, 6.07) is 0. The van der Waals surface area contributed by atoms with Gasteiger partial charge in [0.2, 0.25) is 24.3 Å². The van der Waals surface area contributed by atoms with Crippen LogP contribution in [-0.2, 0) is 19.2 Å². The summed E-state index contributed by atoms with van der Waals surface area (Å²) in [6.07, 6.45) is 3.41. The zero-order chi connectivity index (χ0) is 14.1. The number of rotatable bonds is 6. The van der Waals surface area contributed by atoms with E-state index in [2.05, 4.69) is 20.0 Å². The van der Waals surface area contributed by atoms with Crippen LogP contribution in [0.3, 0.4) is 0 Å². The number of aliphatic imine (C=N–C) groups is 4. The highest BCUT2D eigenvalue weighted by Crippen LogP contribution is 2.37. The fraction of sp³-hybridized carbons (Fsp3) is 0.600. The molecule has 0 aromatic heterocycles. The zero-order valence-corrected chi connectivity index (χ0v) is 10.4. The van der Waals surface area contributed by atoms with Crippen molar-refractivity contribution >= 4 is 36.1 Å². The highest BCUT2D eigenvalue weighted by Gasteiger charge is 2.39. The smallest absolute Gasteiger partial charge is 0.211 e. The third-order valence-electron chi connectivity index (χ3n) is 2.68. The first kappa shape index (κ1) is 14.9. The van der Waals surface area contributed by atoms with E-state index in [-0.39, 0.29) is 11.8 Å². The van der Waals surface area contributed by atoms with Crippen LogP contribution < -0.4 is 0 Å². The van der Waals surface area contributed by atoms with Crippen molar-refractivity contribution in [1.82, 2.24) is 0 Å². The average Bonchev–Trinajstić information content (AvgIpc) is 2.87. The van der Waals surface area contributed by atoms with E-state index < -0.39 is 12.3 Å². The Morgan fingerprint density at radius 1 is 0.737 bits per heavy atom. The first-order valence-corrected chi connectivity index (χ1v) is 6.29. The molecule has 1 saturated heterocycles. The first-order chi connectivity index (χ1) is 9.28. The number of isocyanates is 4. The van der Waals surface area contributed by atoms with E-state index in [4.69, 9.17) is 0 Å². The zero-order valence-electron chi connectivity index (χ0n) is 9.55. The van der Waals surface area contributed by atoms with Crippen LogP contribution in [0.4, 0.5) is 0 Å². The van der Waals surface area contributed by atoms with Crippen molar-refractivity contribution in [3.63, 3.8) is 0 Å². The molecule has 9 heteroatoms. The fourth-order valence-electron chi connectivity index (χ4n) is 1.86. The molecule has 0 aromatic rings. The van der Waals surface area contributed by atoms with E-state index in [1.165, 1.54) is 36.1 Å². The lowest BCUT2D eigenvalue weighted by Crippen LogP contribution is -2.31. The summed E-state index contributed by atoms with van der Waals surface area (Å²) in [4.78, 5) is 54.9. The monoisotopic (exact) mass is 280 g/mol. The van der Waals surface area contributed by atoms with Gasteiger partial charge in [-0.2, -0.15) is 31.7 Å². The molecule has 1 fully saturated rings. The van der Waals surface area contributed by atoms with Crippen LogP contribution in [0.1, 0.15) is 0 Å². The Labute approximate surface area is 111 Å². The molecule has 0 N–H and O–H groups in total. The normalized spacial score (nSPS) is 23.8. The average molecular weight is 280 g/mol. The van der Waals surface area contributed by atoms with E-state index in [1.807, 2.05) is 0 Å². The van der Waals surface area contributed by atoms with E-state index in [9.17, 15) is 19.2 Å². The van der Waals surface area contributed by atoms with Crippen molar-refractivity contribution in [2.75, 3.05) is 11.5 Å². The molecule has 0 spiro atoms. The Morgan fingerprint density at radius 2 is 1.05 bits per heavy atom. The van der Waals surface area contributed by atoms with Gasteiger partial charge in [-0.05, 0) is 0 Å². The lowest BCUT2D eigenvalue weighted by atomic mass is 9.91. The Bertz CT molecular complexity index is 432. The number of thioether (sulfide) groups is 1. The molecule has 8 nitrogen and oxygen atoms in total. The Hall–Kier alpha value is -2.13. The minimum Gasteiger partial charge on any atom is -0.211 e. The molecule has 98 valence electrons. The topological polar surface area (TPSA) is 118 Å². The maximum absolute atomic E-state index is 10.3. The quantitative estimate of drug-likeness (QED) is 0.499. The van der Waals surface area contributed by atoms with Gasteiger partial charge in [0.25, 0.3) is 0 Å². The third-order valence-corrected chi connectivity index (χ3v) is 3.92. The van der Waals surface area contributed by atoms with Crippen LogP contribution in [0.5, 0.6) is 0 Å². The van der Waals surface area contributed by atoms with Crippen LogP contribution in [0, 0.1) is 11.8 Å². The van der Waals surface area contributed by atoms with Crippen molar-refractivity contribution in [3.05, 3.63) is 0 Å². The standard InChI is InChI=1S/C10H8N4O4S/c15-3-11-9(12-4-16)7-1-19-2-8(7)10(13-5-17)14-6-18/h7-10H,1-2H2. The SMILES string of the molecule is O=C=NC(N=C=O)C1CSCC1C(N=C=O)N=C=O. The highest BCUT2D eigenvalue weighted by molar-refractivity contribution is 7.99. The Kier molecular flexibility index (Phi) is 6.33. The van der Waals surface area contributed by atoms with Gasteiger partial charge in [-0.25, -0.2) is 19.2 Å². The van der Waals surface area contributed by atoms with Crippen molar-refractivity contribution in [2.24, 2.45) is 31.8 Å². The van der Waals surface area contributed by atoms with Gasteiger partial charge in [0.15, 0.2) is 12.3 Å². The minimum absolute atomic E-state index is 0.368. The van der Waals surface area contributed by atoms with Crippen molar-refractivity contribution in [1.29, 1.82) is 0 Å². The number of nitrogens with zero attached hydrogens (tertiary/aromatic N) is 4. The van der Waals surface area contributed by atoms with Crippen LogP contribution in [0.25, 0.3) is 0 Å². The molecule has 2 unspecified atom stereocenters. The van der Waals surface area contributed by atoms with E-state index in [0.29, 0.717) is 11.5 Å².